The van der Waals surface area contributed by atoms with Crippen LogP contribution in [-0.2, 0) is 4.74 Å². The van der Waals surface area contributed by atoms with Crippen LogP contribution in [0.2, 0.25) is 0 Å². The minimum atomic E-state index is -0.463. The van der Waals surface area contributed by atoms with Crippen molar-refractivity contribution in [2.75, 3.05) is 49.3 Å². The van der Waals surface area contributed by atoms with Crippen LogP contribution in [0.15, 0.2) is 77.0 Å². The number of nitrogen functional groups attached to an aromatic ring is 1. The highest BCUT2D eigenvalue weighted by atomic mass is 19.1. The lowest BCUT2D eigenvalue weighted by Crippen LogP contribution is -2.23. The lowest BCUT2D eigenvalue weighted by Gasteiger charge is -2.19. The van der Waals surface area contributed by atoms with Gasteiger partial charge in [0.2, 0.25) is 0 Å². The van der Waals surface area contributed by atoms with Crippen LogP contribution in [0.3, 0.4) is 0 Å². The Balaban J connectivity index is 1.55. The zero-order valence-corrected chi connectivity index (χ0v) is 18.4. The SMILES string of the molecule is CN(CCOCCN)c1ccc(N=Nc2ccc(C(=O)Nc3ccc(F)cc3N)cc2)cc1. The highest BCUT2D eigenvalue weighted by Gasteiger charge is 2.09. The van der Waals surface area contributed by atoms with E-state index < -0.39 is 5.82 Å². The summed E-state index contributed by atoms with van der Waals surface area (Å²) < 4.78 is 18.6. The fourth-order valence-electron chi connectivity index (χ4n) is 2.93. The average molecular weight is 451 g/mol. The molecule has 0 bridgehead atoms. The smallest absolute Gasteiger partial charge is 0.255 e. The van der Waals surface area contributed by atoms with E-state index in [2.05, 4.69) is 20.4 Å². The molecule has 0 aliphatic carbocycles. The number of nitrogens with zero attached hydrogens (tertiary/aromatic N) is 3. The fraction of sp³-hybridized carbons (Fsp3) is 0.208. The Bertz CT molecular complexity index is 1090. The lowest BCUT2D eigenvalue weighted by atomic mass is 10.2. The number of nitrogens with one attached hydrogen (secondary N) is 1. The molecule has 8 nitrogen and oxygen atoms in total. The molecule has 0 aliphatic heterocycles. The Morgan fingerprint density at radius 1 is 1.00 bits per heavy atom. The summed E-state index contributed by atoms with van der Waals surface area (Å²) in [5.41, 5.74) is 14.4. The number of carbonyl (C=O) groups is 1. The predicted molar refractivity (Wildman–Crippen MR) is 129 cm³/mol. The number of amides is 1. The van der Waals surface area contributed by atoms with Crippen LogP contribution in [0.25, 0.3) is 0 Å². The molecule has 5 N–H and O–H groups in total. The summed E-state index contributed by atoms with van der Waals surface area (Å²) >= 11 is 0. The van der Waals surface area contributed by atoms with Crippen molar-refractivity contribution in [2.24, 2.45) is 16.0 Å². The number of nitrogens with two attached hydrogens (primary N) is 2. The molecule has 9 heteroatoms. The molecule has 0 atom stereocenters. The highest BCUT2D eigenvalue weighted by molar-refractivity contribution is 6.05. The topological polar surface area (TPSA) is 118 Å². The first-order chi connectivity index (χ1) is 16.0. The fourth-order valence-corrected chi connectivity index (χ4v) is 2.93. The third-order valence-corrected chi connectivity index (χ3v) is 4.80. The monoisotopic (exact) mass is 450 g/mol. The Kier molecular flexibility index (Phi) is 8.45. The summed E-state index contributed by atoms with van der Waals surface area (Å²) in [6.07, 6.45) is 0. The summed E-state index contributed by atoms with van der Waals surface area (Å²) in [7, 11) is 1.99. The van der Waals surface area contributed by atoms with Gasteiger partial charge in [0.25, 0.3) is 5.91 Å². The van der Waals surface area contributed by atoms with Gasteiger partial charge in [0.15, 0.2) is 0 Å². The number of anilines is 3. The van der Waals surface area contributed by atoms with Crippen LogP contribution in [0.5, 0.6) is 0 Å². The van der Waals surface area contributed by atoms with E-state index in [1.54, 1.807) is 24.3 Å². The van der Waals surface area contributed by atoms with Gasteiger partial charge in [0, 0.05) is 31.4 Å². The Morgan fingerprint density at radius 2 is 1.64 bits per heavy atom. The van der Waals surface area contributed by atoms with E-state index >= 15 is 0 Å². The zero-order valence-electron chi connectivity index (χ0n) is 18.4. The second-order valence-corrected chi connectivity index (χ2v) is 7.27. The quantitative estimate of drug-likeness (QED) is 0.239. The number of halogens is 1. The molecule has 172 valence electrons. The molecule has 0 aliphatic rings. The highest BCUT2D eigenvalue weighted by Crippen LogP contribution is 2.23. The van der Waals surface area contributed by atoms with Gasteiger partial charge in [-0.05, 0) is 66.7 Å². The van der Waals surface area contributed by atoms with Crippen LogP contribution in [0.1, 0.15) is 10.4 Å². The molecule has 0 fully saturated rings. The van der Waals surface area contributed by atoms with E-state index in [-0.39, 0.29) is 11.6 Å². The van der Waals surface area contributed by atoms with E-state index in [0.717, 1.165) is 18.3 Å². The molecular formula is C24H27FN6O2. The van der Waals surface area contributed by atoms with Gasteiger partial charge < -0.3 is 26.4 Å². The molecule has 33 heavy (non-hydrogen) atoms. The Morgan fingerprint density at radius 3 is 2.24 bits per heavy atom. The van der Waals surface area contributed by atoms with E-state index in [4.69, 9.17) is 16.2 Å². The molecule has 0 aromatic heterocycles. The summed E-state index contributed by atoms with van der Waals surface area (Å²) in [5.74, 6) is -0.820. The standard InChI is InChI=1S/C24H27FN6O2/c1-31(13-15-33-14-12-26)21-9-7-20(8-10-21)30-29-19-5-2-17(3-6-19)24(32)28-23-11-4-18(25)16-22(23)27/h2-11,16H,12-15,26-27H2,1H3,(H,28,32). The molecule has 0 unspecified atom stereocenters. The van der Waals surface area contributed by atoms with E-state index in [9.17, 15) is 9.18 Å². The molecule has 0 heterocycles. The third kappa shape index (κ3) is 7.09. The van der Waals surface area contributed by atoms with Gasteiger partial charge in [0.05, 0.1) is 36.0 Å². The maximum Gasteiger partial charge on any atom is 0.255 e. The van der Waals surface area contributed by atoms with Crippen molar-refractivity contribution in [2.45, 2.75) is 0 Å². The number of azo groups is 1. The maximum atomic E-state index is 13.1. The van der Waals surface area contributed by atoms with Crippen molar-refractivity contribution in [1.29, 1.82) is 0 Å². The first-order valence-electron chi connectivity index (χ1n) is 10.4. The van der Waals surface area contributed by atoms with Crippen LogP contribution in [-0.4, -0.2) is 39.3 Å². The minimum Gasteiger partial charge on any atom is -0.397 e. The number of hydrogen-bond acceptors (Lipinski definition) is 7. The van der Waals surface area contributed by atoms with Crippen molar-refractivity contribution in [3.05, 3.63) is 78.1 Å². The largest absolute Gasteiger partial charge is 0.397 e. The van der Waals surface area contributed by atoms with E-state index in [1.807, 2.05) is 31.3 Å². The normalized spacial score (nSPS) is 11.0. The second-order valence-electron chi connectivity index (χ2n) is 7.27. The maximum absolute atomic E-state index is 13.1. The van der Waals surface area contributed by atoms with E-state index in [1.165, 1.54) is 12.1 Å². The molecule has 3 aromatic rings. The number of likely N-dealkylation sites (N-methyl/N-ethyl adjacent to an activating group) is 1. The molecule has 1 amide bonds. The van der Waals surface area contributed by atoms with Crippen molar-refractivity contribution < 1.29 is 13.9 Å². The summed E-state index contributed by atoms with van der Waals surface area (Å²) in [4.78, 5) is 14.5. The minimum absolute atomic E-state index is 0.158. The van der Waals surface area contributed by atoms with Crippen LogP contribution in [0.4, 0.5) is 32.8 Å². The second kappa shape index (κ2) is 11.7. The van der Waals surface area contributed by atoms with Crippen LogP contribution >= 0.6 is 0 Å². The summed E-state index contributed by atoms with van der Waals surface area (Å²) in [6, 6.07) is 18.1. The Labute approximate surface area is 192 Å². The van der Waals surface area contributed by atoms with Gasteiger partial charge >= 0.3 is 0 Å². The van der Waals surface area contributed by atoms with Crippen LogP contribution in [0, 0.1) is 5.82 Å². The van der Waals surface area contributed by atoms with Gasteiger partial charge in [-0.25, -0.2) is 4.39 Å². The average Bonchev–Trinajstić information content (AvgIpc) is 2.83. The Hall–Kier alpha value is -3.82. The first kappa shape index (κ1) is 23.8. The van der Waals surface area contributed by atoms with Gasteiger partial charge in [-0.1, -0.05) is 0 Å². The number of ether oxygens (including phenoxy) is 1. The predicted octanol–water partition coefficient (Wildman–Crippen LogP) is 4.49. The number of benzene rings is 3. The van der Waals surface area contributed by atoms with Gasteiger partial charge in [-0.15, -0.1) is 0 Å². The molecule has 0 spiro atoms. The summed E-state index contributed by atoms with van der Waals surface area (Å²) in [6.45, 7) is 2.45. The van der Waals surface area contributed by atoms with Crippen molar-refractivity contribution >= 4 is 34.3 Å². The van der Waals surface area contributed by atoms with Crippen molar-refractivity contribution in [3.63, 3.8) is 0 Å². The van der Waals surface area contributed by atoms with Gasteiger partial charge in [-0.2, -0.15) is 10.2 Å². The van der Waals surface area contributed by atoms with Crippen LogP contribution < -0.4 is 21.7 Å². The lowest BCUT2D eigenvalue weighted by molar-refractivity contribution is 0.102. The number of carbonyl (C=O) groups excluding carboxylic acids is 1. The number of hydrogen-bond donors (Lipinski definition) is 3. The first-order valence-corrected chi connectivity index (χ1v) is 10.4. The van der Waals surface area contributed by atoms with E-state index in [0.29, 0.717) is 42.4 Å². The molecule has 0 radical (unpaired) electrons. The molecule has 3 rings (SSSR count). The number of rotatable bonds is 10. The summed E-state index contributed by atoms with van der Waals surface area (Å²) in [5, 5.41) is 11.1. The molecule has 0 saturated carbocycles. The molecular weight excluding hydrogens is 423 g/mol. The zero-order chi connectivity index (χ0) is 23.6. The third-order valence-electron chi connectivity index (χ3n) is 4.80. The van der Waals surface area contributed by atoms with Gasteiger partial charge in [-0.3, -0.25) is 4.79 Å². The molecule has 0 saturated heterocycles. The van der Waals surface area contributed by atoms with Crippen molar-refractivity contribution in [1.82, 2.24) is 0 Å². The van der Waals surface area contributed by atoms with Gasteiger partial charge in [0.1, 0.15) is 5.82 Å². The molecule has 3 aromatic carbocycles. The van der Waals surface area contributed by atoms with Crippen molar-refractivity contribution in [3.8, 4) is 0 Å².